The summed E-state index contributed by atoms with van der Waals surface area (Å²) in [6.45, 7) is 6.40. The minimum Gasteiger partial charge on any atom is -0.379 e. The van der Waals surface area contributed by atoms with E-state index in [2.05, 4.69) is 10.2 Å². The Kier molecular flexibility index (Phi) is 11.6. The molecule has 1 aliphatic heterocycles. The molecule has 7 heteroatoms. The van der Waals surface area contributed by atoms with Gasteiger partial charge in [-0.25, -0.2) is 0 Å². The summed E-state index contributed by atoms with van der Waals surface area (Å²) in [5.41, 5.74) is 5.21. The van der Waals surface area contributed by atoms with Gasteiger partial charge in [0.15, 0.2) is 0 Å². The third kappa shape index (κ3) is 7.24. The van der Waals surface area contributed by atoms with E-state index in [1.807, 2.05) is 6.92 Å². The van der Waals surface area contributed by atoms with Crippen molar-refractivity contribution >= 4 is 30.7 Å². The quantitative estimate of drug-likeness (QED) is 0.733. The minimum absolute atomic E-state index is 0. The summed E-state index contributed by atoms with van der Waals surface area (Å²) in [5, 5.41) is 2.83. The number of nitrogens with two attached hydrogens (primary N) is 1. The number of ether oxygens (including phenoxy) is 1. The van der Waals surface area contributed by atoms with Crippen LogP contribution in [0.2, 0.25) is 0 Å². The van der Waals surface area contributed by atoms with Crippen LogP contribution in [0, 0.1) is 0 Å². The topological polar surface area (TPSA) is 67.6 Å². The predicted molar refractivity (Wildman–Crippen MR) is 68.4 cm³/mol. The smallest absolute Gasteiger partial charge is 0.233 e. The van der Waals surface area contributed by atoms with Crippen molar-refractivity contribution in [2.24, 2.45) is 5.73 Å². The van der Waals surface area contributed by atoms with E-state index in [9.17, 15) is 4.79 Å². The molecule has 1 rings (SSSR count). The number of amides is 1. The van der Waals surface area contributed by atoms with Crippen molar-refractivity contribution in [2.45, 2.75) is 13.0 Å². The monoisotopic (exact) mass is 273 g/mol. The van der Waals surface area contributed by atoms with Gasteiger partial charge in [0.05, 0.1) is 19.8 Å². The zero-order valence-electron chi connectivity index (χ0n) is 9.48. The molecule has 0 aliphatic carbocycles. The van der Waals surface area contributed by atoms with Crippen LogP contribution in [0.15, 0.2) is 0 Å². The standard InChI is InChI=1S/C9H19N3O2.2ClH/c1-8(11-9(13)6-10)7-12-2-4-14-5-3-12;;/h8H,2-7,10H2,1H3,(H,11,13);2*1H. The van der Waals surface area contributed by atoms with Crippen LogP contribution >= 0.6 is 24.8 Å². The number of morpholine rings is 1. The van der Waals surface area contributed by atoms with Gasteiger partial charge in [-0.3, -0.25) is 9.69 Å². The van der Waals surface area contributed by atoms with Gasteiger partial charge in [-0.1, -0.05) is 0 Å². The maximum absolute atomic E-state index is 11.0. The predicted octanol–water partition coefficient (Wildman–Crippen LogP) is -0.374. The van der Waals surface area contributed by atoms with Crippen molar-refractivity contribution < 1.29 is 9.53 Å². The van der Waals surface area contributed by atoms with E-state index in [1.165, 1.54) is 0 Å². The first-order chi connectivity index (χ1) is 6.72. The third-order valence-corrected chi connectivity index (χ3v) is 2.23. The molecule has 0 spiro atoms. The fourth-order valence-corrected chi connectivity index (χ4v) is 1.55. The van der Waals surface area contributed by atoms with Gasteiger partial charge in [-0.05, 0) is 6.92 Å². The van der Waals surface area contributed by atoms with Crippen molar-refractivity contribution in [3.63, 3.8) is 0 Å². The molecule has 1 atom stereocenters. The Morgan fingerprint density at radius 3 is 2.50 bits per heavy atom. The maximum Gasteiger partial charge on any atom is 0.233 e. The first-order valence-electron chi connectivity index (χ1n) is 5.02. The van der Waals surface area contributed by atoms with Gasteiger partial charge < -0.3 is 15.8 Å². The van der Waals surface area contributed by atoms with E-state index in [4.69, 9.17) is 10.5 Å². The van der Waals surface area contributed by atoms with Gasteiger partial charge in [0.2, 0.25) is 5.91 Å². The highest BCUT2D eigenvalue weighted by atomic mass is 35.5. The molecule has 0 radical (unpaired) electrons. The molecule has 98 valence electrons. The van der Waals surface area contributed by atoms with Crippen LogP contribution < -0.4 is 11.1 Å². The average molecular weight is 274 g/mol. The maximum atomic E-state index is 11.0. The summed E-state index contributed by atoms with van der Waals surface area (Å²) in [4.78, 5) is 13.3. The number of nitrogens with one attached hydrogen (secondary N) is 1. The zero-order chi connectivity index (χ0) is 10.4. The molecule has 1 unspecified atom stereocenters. The van der Waals surface area contributed by atoms with Crippen LogP contribution in [-0.2, 0) is 9.53 Å². The van der Waals surface area contributed by atoms with E-state index in [1.54, 1.807) is 0 Å². The van der Waals surface area contributed by atoms with E-state index in [0.717, 1.165) is 32.8 Å². The first-order valence-corrected chi connectivity index (χ1v) is 5.02. The Morgan fingerprint density at radius 1 is 1.44 bits per heavy atom. The second-order valence-corrected chi connectivity index (χ2v) is 3.59. The molecule has 1 saturated heterocycles. The van der Waals surface area contributed by atoms with Crippen molar-refractivity contribution in [2.75, 3.05) is 39.4 Å². The molecule has 1 fully saturated rings. The summed E-state index contributed by atoms with van der Waals surface area (Å²) in [7, 11) is 0. The molecule has 3 N–H and O–H groups in total. The van der Waals surface area contributed by atoms with Crippen molar-refractivity contribution in [1.82, 2.24) is 10.2 Å². The fourth-order valence-electron chi connectivity index (χ4n) is 1.55. The lowest BCUT2D eigenvalue weighted by atomic mass is 10.3. The number of carbonyl (C=O) groups excluding carboxylic acids is 1. The fraction of sp³-hybridized carbons (Fsp3) is 0.889. The molecule has 1 amide bonds. The highest BCUT2D eigenvalue weighted by Crippen LogP contribution is 1.97. The molecule has 0 aromatic carbocycles. The van der Waals surface area contributed by atoms with E-state index < -0.39 is 0 Å². The van der Waals surface area contributed by atoms with Gasteiger partial charge in [0.1, 0.15) is 0 Å². The normalized spacial score (nSPS) is 17.9. The van der Waals surface area contributed by atoms with Crippen LogP contribution in [0.25, 0.3) is 0 Å². The number of rotatable bonds is 4. The summed E-state index contributed by atoms with van der Waals surface area (Å²) >= 11 is 0. The van der Waals surface area contributed by atoms with Gasteiger partial charge in [-0.15, -0.1) is 24.8 Å². The Balaban J connectivity index is 0. The van der Waals surface area contributed by atoms with Crippen LogP contribution in [0.3, 0.4) is 0 Å². The van der Waals surface area contributed by atoms with Crippen molar-refractivity contribution in [3.05, 3.63) is 0 Å². The Hall–Kier alpha value is -0.0700. The van der Waals surface area contributed by atoms with Crippen LogP contribution in [0.5, 0.6) is 0 Å². The lowest BCUT2D eigenvalue weighted by molar-refractivity contribution is -0.120. The number of hydrogen-bond acceptors (Lipinski definition) is 4. The van der Waals surface area contributed by atoms with E-state index in [-0.39, 0.29) is 43.3 Å². The molecule has 5 nitrogen and oxygen atoms in total. The van der Waals surface area contributed by atoms with Crippen LogP contribution in [-0.4, -0.2) is 56.2 Å². The Morgan fingerprint density at radius 2 is 2.00 bits per heavy atom. The first kappa shape index (κ1) is 18.3. The molecule has 0 saturated carbocycles. The summed E-state index contributed by atoms with van der Waals surface area (Å²) in [6, 6.07) is 0.157. The van der Waals surface area contributed by atoms with Crippen molar-refractivity contribution in [3.8, 4) is 0 Å². The molecular formula is C9H21Cl2N3O2. The second-order valence-electron chi connectivity index (χ2n) is 3.59. The lowest BCUT2D eigenvalue weighted by Gasteiger charge is -2.29. The molecule has 0 bridgehead atoms. The van der Waals surface area contributed by atoms with Gasteiger partial charge in [0.25, 0.3) is 0 Å². The summed E-state index contributed by atoms with van der Waals surface area (Å²) in [6.07, 6.45) is 0. The SMILES string of the molecule is CC(CN1CCOCC1)NC(=O)CN.Cl.Cl. The molecule has 0 aromatic heterocycles. The van der Waals surface area contributed by atoms with Crippen LogP contribution in [0.1, 0.15) is 6.92 Å². The van der Waals surface area contributed by atoms with Crippen LogP contribution in [0.4, 0.5) is 0 Å². The third-order valence-electron chi connectivity index (χ3n) is 2.23. The molecule has 0 aromatic rings. The molecule has 1 heterocycles. The number of halogens is 2. The highest BCUT2D eigenvalue weighted by Gasteiger charge is 2.14. The summed E-state index contributed by atoms with van der Waals surface area (Å²) < 4.78 is 5.23. The van der Waals surface area contributed by atoms with Crippen molar-refractivity contribution in [1.29, 1.82) is 0 Å². The van der Waals surface area contributed by atoms with Gasteiger partial charge >= 0.3 is 0 Å². The minimum atomic E-state index is -0.0919. The number of nitrogens with zero attached hydrogens (tertiary/aromatic N) is 1. The molecule has 1 aliphatic rings. The number of carbonyl (C=O) groups is 1. The second kappa shape index (κ2) is 10.1. The highest BCUT2D eigenvalue weighted by molar-refractivity contribution is 5.85. The Labute approximate surface area is 109 Å². The average Bonchev–Trinajstić information content (AvgIpc) is 2.19. The van der Waals surface area contributed by atoms with E-state index in [0.29, 0.717) is 0 Å². The van der Waals surface area contributed by atoms with Gasteiger partial charge in [0, 0.05) is 25.7 Å². The zero-order valence-corrected chi connectivity index (χ0v) is 11.1. The van der Waals surface area contributed by atoms with Gasteiger partial charge in [-0.2, -0.15) is 0 Å². The summed E-state index contributed by atoms with van der Waals surface area (Å²) in [5.74, 6) is -0.0919. The van der Waals surface area contributed by atoms with E-state index >= 15 is 0 Å². The molecule has 16 heavy (non-hydrogen) atoms. The number of hydrogen-bond donors (Lipinski definition) is 2. The molecular weight excluding hydrogens is 253 g/mol. The lowest BCUT2D eigenvalue weighted by Crippen LogP contribution is -2.47. The largest absolute Gasteiger partial charge is 0.379 e. The Bertz CT molecular complexity index is 190.